The third-order valence-corrected chi connectivity index (χ3v) is 6.38. The standard InChI is InChI=1S/C20H27N5O3/c1-15-20(7-4-10-23(19(20)27)12-13-28-2)8-5-11-24(15)18(26)16-14-21-17-6-3-9-22-25(16)17/h3,6,9,14-15H,4-5,7-8,10-13H2,1-2H3/t15-,20+/m1/s1. The first-order valence-corrected chi connectivity index (χ1v) is 9.96. The number of imidazole rings is 1. The zero-order chi connectivity index (χ0) is 19.7. The van der Waals surface area contributed by atoms with Gasteiger partial charge in [0.25, 0.3) is 5.91 Å². The van der Waals surface area contributed by atoms with Gasteiger partial charge in [-0.3, -0.25) is 9.59 Å². The Hall–Kier alpha value is -2.48. The monoisotopic (exact) mass is 385 g/mol. The maximum atomic E-state index is 13.4. The SMILES string of the molecule is COCCN1CCC[C@@]2(CCCN(C(=O)c3cnc4cccnn34)[C@@H]2C)C1=O. The fourth-order valence-corrected chi connectivity index (χ4v) is 4.81. The van der Waals surface area contributed by atoms with Gasteiger partial charge in [-0.1, -0.05) is 0 Å². The van der Waals surface area contributed by atoms with Gasteiger partial charge in [-0.25, -0.2) is 9.50 Å². The summed E-state index contributed by atoms with van der Waals surface area (Å²) in [6, 6.07) is 3.45. The van der Waals surface area contributed by atoms with E-state index in [0.717, 1.165) is 32.2 Å². The molecule has 0 aromatic carbocycles. The smallest absolute Gasteiger partial charge is 0.274 e. The second-order valence-corrected chi connectivity index (χ2v) is 7.76. The van der Waals surface area contributed by atoms with Gasteiger partial charge in [0.05, 0.1) is 18.2 Å². The highest BCUT2D eigenvalue weighted by Gasteiger charge is 2.52. The Balaban J connectivity index is 1.61. The molecular formula is C20H27N5O3. The Morgan fingerprint density at radius 3 is 2.89 bits per heavy atom. The van der Waals surface area contributed by atoms with Crippen molar-refractivity contribution < 1.29 is 14.3 Å². The number of hydrogen-bond donors (Lipinski definition) is 0. The number of fused-ring (bicyclic) bond motifs is 1. The lowest BCUT2D eigenvalue weighted by atomic mass is 9.67. The molecule has 2 amide bonds. The number of aromatic nitrogens is 3. The molecule has 2 saturated heterocycles. The van der Waals surface area contributed by atoms with Gasteiger partial charge in [-0.15, -0.1) is 0 Å². The van der Waals surface area contributed by atoms with Crippen molar-refractivity contribution >= 4 is 17.5 Å². The summed E-state index contributed by atoms with van der Waals surface area (Å²) in [5, 5.41) is 4.26. The van der Waals surface area contributed by atoms with Gasteiger partial charge in [-0.05, 0) is 44.7 Å². The highest BCUT2D eigenvalue weighted by atomic mass is 16.5. The quantitative estimate of drug-likeness (QED) is 0.799. The van der Waals surface area contributed by atoms with E-state index in [9.17, 15) is 9.59 Å². The maximum Gasteiger partial charge on any atom is 0.274 e. The summed E-state index contributed by atoms with van der Waals surface area (Å²) < 4.78 is 6.74. The Bertz CT molecular complexity index is 878. The van der Waals surface area contributed by atoms with Crippen molar-refractivity contribution in [1.29, 1.82) is 0 Å². The van der Waals surface area contributed by atoms with E-state index in [-0.39, 0.29) is 17.9 Å². The van der Waals surface area contributed by atoms with E-state index in [0.29, 0.717) is 31.0 Å². The molecule has 2 aromatic heterocycles. The van der Waals surface area contributed by atoms with Crippen LogP contribution in [0, 0.1) is 5.41 Å². The van der Waals surface area contributed by atoms with Crippen LogP contribution in [0.2, 0.25) is 0 Å². The van der Waals surface area contributed by atoms with Crippen molar-refractivity contribution in [2.45, 2.75) is 38.6 Å². The van der Waals surface area contributed by atoms with Crippen molar-refractivity contribution in [2.24, 2.45) is 5.41 Å². The number of methoxy groups -OCH3 is 1. The first-order valence-electron chi connectivity index (χ1n) is 9.96. The van der Waals surface area contributed by atoms with Gasteiger partial charge in [0.1, 0.15) is 0 Å². The van der Waals surface area contributed by atoms with E-state index in [2.05, 4.69) is 10.1 Å². The number of carbonyl (C=O) groups is 2. The summed E-state index contributed by atoms with van der Waals surface area (Å²) in [5.41, 5.74) is 0.581. The van der Waals surface area contributed by atoms with Crippen LogP contribution in [-0.4, -0.2) is 75.6 Å². The fraction of sp³-hybridized carbons (Fsp3) is 0.600. The molecular weight excluding hydrogens is 358 g/mol. The van der Waals surface area contributed by atoms with Crippen molar-refractivity contribution in [2.75, 3.05) is 33.4 Å². The average Bonchev–Trinajstić information content (AvgIpc) is 3.14. The average molecular weight is 385 g/mol. The van der Waals surface area contributed by atoms with Crippen LogP contribution in [0.3, 0.4) is 0 Å². The molecule has 2 atom stereocenters. The molecule has 0 radical (unpaired) electrons. The second kappa shape index (κ2) is 7.50. The molecule has 150 valence electrons. The Morgan fingerprint density at radius 2 is 2.11 bits per heavy atom. The maximum absolute atomic E-state index is 13.4. The normalized spacial score (nSPS) is 25.6. The molecule has 0 N–H and O–H groups in total. The van der Waals surface area contributed by atoms with E-state index in [1.165, 1.54) is 0 Å². The highest BCUT2D eigenvalue weighted by Crippen LogP contribution is 2.44. The minimum Gasteiger partial charge on any atom is -0.383 e. The van der Waals surface area contributed by atoms with Crippen LogP contribution in [0.15, 0.2) is 24.5 Å². The van der Waals surface area contributed by atoms with Crippen LogP contribution >= 0.6 is 0 Å². The molecule has 4 rings (SSSR count). The van der Waals surface area contributed by atoms with Crippen molar-refractivity contribution in [3.63, 3.8) is 0 Å². The molecule has 0 aliphatic carbocycles. The molecule has 4 heterocycles. The van der Waals surface area contributed by atoms with E-state index < -0.39 is 5.41 Å². The van der Waals surface area contributed by atoms with Crippen LogP contribution in [0.25, 0.3) is 5.65 Å². The van der Waals surface area contributed by atoms with Gasteiger partial charge >= 0.3 is 0 Å². The molecule has 2 aliphatic heterocycles. The van der Waals surface area contributed by atoms with Gasteiger partial charge in [0, 0.05) is 39.0 Å². The number of likely N-dealkylation sites (tertiary alicyclic amines) is 2. The number of amides is 2. The second-order valence-electron chi connectivity index (χ2n) is 7.76. The van der Waals surface area contributed by atoms with Crippen molar-refractivity contribution in [3.05, 3.63) is 30.2 Å². The number of ether oxygens (including phenoxy) is 1. The molecule has 2 aliphatic rings. The largest absolute Gasteiger partial charge is 0.383 e. The number of hydrogen-bond acceptors (Lipinski definition) is 5. The topological polar surface area (TPSA) is 80.0 Å². The summed E-state index contributed by atoms with van der Waals surface area (Å²) in [7, 11) is 1.65. The molecule has 2 fully saturated rings. The molecule has 1 spiro atoms. The van der Waals surface area contributed by atoms with Gasteiger partial charge in [0.15, 0.2) is 11.3 Å². The van der Waals surface area contributed by atoms with Crippen LogP contribution in [0.5, 0.6) is 0 Å². The van der Waals surface area contributed by atoms with E-state index in [1.807, 2.05) is 22.8 Å². The van der Waals surface area contributed by atoms with Gasteiger partial charge in [0.2, 0.25) is 5.91 Å². The van der Waals surface area contributed by atoms with E-state index >= 15 is 0 Å². The molecule has 0 bridgehead atoms. The van der Waals surface area contributed by atoms with Crippen LogP contribution in [0.1, 0.15) is 43.1 Å². The molecule has 28 heavy (non-hydrogen) atoms. The summed E-state index contributed by atoms with van der Waals surface area (Å²) in [6.07, 6.45) is 6.65. The van der Waals surface area contributed by atoms with E-state index in [4.69, 9.17) is 4.74 Å². The summed E-state index contributed by atoms with van der Waals surface area (Å²) >= 11 is 0. The number of piperidine rings is 2. The van der Waals surface area contributed by atoms with Gasteiger partial charge < -0.3 is 14.5 Å². The third kappa shape index (κ3) is 2.96. The molecule has 0 saturated carbocycles. The summed E-state index contributed by atoms with van der Waals surface area (Å²) in [4.78, 5) is 34.8. The Morgan fingerprint density at radius 1 is 1.32 bits per heavy atom. The molecule has 2 aromatic rings. The lowest BCUT2D eigenvalue weighted by Gasteiger charge is -2.51. The molecule has 8 heteroatoms. The van der Waals surface area contributed by atoms with Crippen LogP contribution in [0.4, 0.5) is 0 Å². The lowest BCUT2D eigenvalue weighted by molar-refractivity contribution is -0.154. The number of rotatable bonds is 4. The summed E-state index contributed by atoms with van der Waals surface area (Å²) in [6.45, 7) is 4.57. The fourth-order valence-electron chi connectivity index (χ4n) is 4.81. The molecule has 0 unspecified atom stereocenters. The highest BCUT2D eigenvalue weighted by molar-refractivity contribution is 5.94. The van der Waals surface area contributed by atoms with Crippen LogP contribution < -0.4 is 0 Å². The predicted molar refractivity (Wildman–Crippen MR) is 103 cm³/mol. The summed E-state index contributed by atoms with van der Waals surface area (Å²) in [5.74, 6) is 0.0525. The third-order valence-electron chi connectivity index (χ3n) is 6.38. The molecule has 8 nitrogen and oxygen atoms in total. The lowest BCUT2D eigenvalue weighted by Crippen LogP contribution is -2.62. The Kier molecular flexibility index (Phi) is 5.05. The van der Waals surface area contributed by atoms with Crippen LogP contribution in [-0.2, 0) is 9.53 Å². The zero-order valence-corrected chi connectivity index (χ0v) is 16.5. The first-order chi connectivity index (χ1) is 13.6. The first kappa shape index (κ1) is 18.9. The van der Waals surface area contributed by atoms with Crippen molar-refractivity contribution in [1.82, 2.24) is 24.4 Å². The number of nitrogens with zero attached hydrogens (tertiary/aromatic N) is 5. The van der Waals surface area contributed by atoms with E-state index in [1.54, 1.807) is 30.1 Å². The number of carbonyl (C=O) groups excluding carboxylic acids is 2. The minimum absolute atomic E-state index is 0.111. The predicted octanol–water partition coefficient (Wildman–Crippen LogP) is 1.61. The minimum atomic E-state index is -0.506. The zero-order valence-electron chi connectivity index (χ0n) is 16.5. The van der Waals surface area contributed by atoms with Gasteiger partial charge in [-0.2, -0.15) is 5.10 Å². The Labute approximate surface area is 164 Å². The van der Waals surface area contributed by atoms with Crippen molar-refractivity contribution in [3.8, 4) is 0 Å².